The monoisotopic (exact) mass is 591 g/mol. The van der Waals surface area contributed by atoms with E-state index in [1.54, 1.807) is 6.92 Å². The van der Waals surface area contributed by atoms with E-state index in [1.807, 2.05) is 4.90 Å². The molecule has 11 atom stereocenters. The van der Waals surface area contributed by atoms with E-state index >= 15 is 0 Å². The van der Waals surface area contributed by atoms with Crippen molar-refractivity contribution in [3.05, 3.63) is 0 Å². The predicted molar refractivity (Wildman–Crippen MR) is 153 cm³/mol. The fourth-order valence-corrected chi connectivity index (χ4v) is 5.30. The number of hydrogen-bond donors (Lipinski definition) is 5. The minimum atomic E-state index is -1.60. The van der Waals surface area contributed by atoms with Crippen LogP contribution >= 0.6 is 0 Å². The third kappa shape index (κ3) is 11.0. The van der Waals surface area contributed by atoms with E-state index in [0.29, 0.717) is 19.5 Å². The van der Waals surface area contributed by atoms with E-state index < -0.39 is 67.5 Å². The molecular formula is C30H57NO10. The molecule has 2 saturated heterocycles. The lowest BCUT2D eigenvalue weighted by Gasteiger charge is -2.46. The van der Waals surface area contributed by atoms with E-state index in [-0.39, 0.29) is 12.3 Å². The summed E-state index contributed by atoms with van der Waals surface area (Å²) >= 11 is 0. The number of aliphatic hydroxyl groups is 5. The average Bonchev–Trinajstić information content (AvgIpc) is 2.95. The van der Waals surface area contributed by atoms with Crippen molar-refractivity contribution in [1.82, 2.24) is 4.90 Å². The smallest absolute Gasteiger partial charge is 0.225 e. The van der Waals surface area contributed by atoms with Gasteiger partial charge in [-0.3, -0.25) is 4.79 Å². The second kappa shape index (κ2) is 18.7. The Labute approximate surface area is 246 Å². The molecule has 2 fully saturated rings. The van der Waals surface area contributed by atoms with Crippen LogP contribution in [0, 0.1) is 0 Å². The lowest BCUT2D eigenvalue weighted by molar-refractivity contribution is -0.366. The maximum atomic E-state index is 13.4. The summed E-state index contributed by atoms with van der Waals surface area (Å²) in [5, 5.41) is 52.3. The molecule has 2 aliphatic heterocycles. The summed E-state index contributed by atoms with van der Waals surface area (Å²) in [7, 11) is 0. The first-order valence-electron chi connectivity index (χ1n) is 15.8. The molecule has 11 heteroatoms. The normalized spacial score (nSPS) is 34.9. The first-order valence-corrected chi connectivity index (χ1v) is 15.8. The van der Waals surface area contributed by atoms with Crippen molar-refractivity contribution in [1.29, 1.82) is 0 Å². The lowest BCUT2D eigenvalue weighted by atomic mass is 9.97. The Hall–Kier alpha value is -0.890. The molecule has 2 aliphatic rings. The Morgan fingerprint density at radius 2 is 1.24 bits per heavy atom. The van der Waals surface area contributed by atoms with Crippen LogP contribution in [0.1, 0.15) is 105 Å². The van der Waals surface area contributed by atoms with Crippen LogP contribution in [0.4, 0.5) is 0 Å². The molecule has 2 heterocycles. The molecule has 0 radical (unpaired) electrons. The van der Waals surface area contributed by atoms with Crippen LogP contribution in [-0.4, -0.2) is 117 Å². The highest BCUT2D eigenvalue weighted by molar-refractivity contribution is 5.76. The number of hydrogen-bond acceptors (Lipinski definition) is 10. The molecule has 0 saturated carbocycles. The standard InChI is InChI=1S/C30H57NO10/c1-6-9-12-13-14-15-21(18-22(32)31(16-10-7-2)17-11-8-3)40-30-28(26(36)24(34)20(5)39-30)41-29-27(37)25(35)23(33)19(4)38-29/h19-21,23-30,33-37H,6-18H2,1-5H3/t19-,20-,21?,23-,24-,25+,26+,27+,28+,29-,30-/m0/s1. The number of nitrogens with zero attached hydrogens (tertiary/aromatic N) is 1. The van der Waals surface area contributed by atoms with Crippen molar-refractivity contribution in [3.8, 4) is 0 Å². The Kier molecular flexibility index (Phi) is 16.6. The topological polar surface area (TPSA) is 158 Å². The number of carbonyl (C=O) groups is 1. The molecular weight excluding hydrogens is 534 g/mol. The number of rotatable bonds is 18. The molecule has 0 aromatic carbocycles. The summed E-state index contributed by atoms with van der Waals surface area (Å²) < 4.78 is 23.8. The van der Waals surface area contributed by atoms with Crippen LogP contribution in [0.3, 0.4) is 0 Å². The Morgan fingerprint density at radius 1 is 0.707 bits per heavy atom. The van der Waals surface area contributed by atoms with Gasteiger partial charge in [-0.15, -0.1) is 0 Å². The Balaban J connectivity index is 2.22. The van der Waals surface area contributed by atoms with Crippen molar-refractivity contribution < 1.29 is 49.3 Å². The summed E-state index contributed by atoms with van der Waals surface area (Å²) in [5.41, 5.74) is 0. The fourth-order valence-electron chi connectivity index (χ4n) is 5.30. The van der Waals surface area contributed by atoms with Gasteiger partial charge in [0.05, 0.1) is 24.7 Å². The van der Waals surface area contributed by atoms with Gasteiger partial charge in [0.25, 0.3) is 0 Å². The van der Waals surface area contributed by atoms with Gasteiger partial charge in [0.15, 0.2) is 12.6 Å². The van der Waals surface area contributed by atoms with Crippen LogP contribution in [0.25, 0.3) is 0 Å². The zero-order chi connectivity index (χ0) is 30.5. The zero-order valence-electron chi connectivity index (χ0n) is 25.8. The van der Waals surface area contributed by atoms with Gasteiger partial charge in [-0.25, -0.2) is 0 Å². The van der Waals surface area contributed by atoms with Crippen molar-refractivity contribution >= 4 is 5.91 Å². The Morgan fingerprint density at radius 3 is 1.83 bits per heavy atom. The predicted octanol–water partition coefficient (Wildman–Crippen LogP) is 2.23. The minimum absolute atomic E-state index is 0.00402. The summed E-state index contributed by atoms with van der Waals surface area (Å²) in [6.45, 7) is 10.9. The largest absolute Gasteiger partial charge is 0.388 e. The number of amides is 1. The highest BCUT2D eigenvalue weighted by Gasteiger charge is 2.50. The van der Waals surface area contributed by atoms with Crippen LogP contribution in [-0.2, 0) is 23.7 Å². The molecule has 242 valence electrons. The second-order valence-corrected chi connectivity index (χ2v) is 11.7. The van der Waals surface area contributed by atoms with E-state index in [4.69, 9.17) is 18.9 Å². The molecule has 1 unspecified atom stereocenters. The molecule has 0 aromatic heterocycles. The molecule has 2 rings (SSSR count). The molecule has 0 spiro atoms. The van der Waals surface area contributed by atoms with Gasteiger partial charge in [-0.2, -0.15) is 0 Å². The minimum Gasteiger partial charge on any atom is -0.388 e. The van der Waals surface area contributed by atoms with Crippen molar-refractivity contribution in [2.24, 2.45) is 0 Å². The fraction of sp³-hybridized carbons (Fsp3) is 0.967. The quantitative estimate of drug-likeness (QED) is 0.150. The molecule has 0 aliphatic carbocycles. The number of carbonyl (C=O) groups excluding carboxylic acids is 1. The third-order valence-electron chi connectivity index (χ3n) is 8.16. The summed E-state index contributed by atoms with van der Waals surface area (Å²) in [6, 6.07) is 0. The third-order valence-corrected chi connectivity index (χ3v) is 8.16. The molecule has 11 nitrogen and oxygen atoms in total. The molecule has 5 N–H and O–H groups in total. The van der Waals surface area contributed by atoms with Gasteiger partial charge in [-0.05, 0) is 33.1 Å². The molecule has 0 bridgehead atoms. The van der Waals surface area contributed by atoms with Crippen LogP contribution in [0.2, 0.25) is 0 Å². The van der Waals surface area contributed by atoms with Gasteiger partial charge in [0, 0.05) is 13.1 Å². The van der Waals surface area contributed by atoms with Crippen LogP contribution < -0.4 is 0 Å². The lowest BCUT2D eigenvalue weighted by Crippen LogP contribution is -2.63. The van der Waals surface area contributed by atoms with Gasteiger partial charge in [-0.1, -0.05) is 65.7 Å². The average molecular weight is 592 g/mol. The van der Waals surface area contributed by atoms with E-state index in [2.05, 4.69) is 20.8 Å². The van der Waals surface area contributed by atoms with Crippen molar-refractivity contribution in [2.45, 2.75) is 173 Å². The maximum absolute atomic E-state index is 13.4. The molecule has 41 heavy (non-hydrogen) atoms. The first kappa shape index (κ1) is 36.3. The maximum Gasteiger partial charge on any atom is 0.225 e. The molecule has 1 amide bonds. The van der Waals surface area contributed by atoms with Crippen LogP contribution in [0.5, 0.6) is 0 Å². The van der Waals surface area contributed by atoms with Gasteiger partial charge in [0.2, 0.25) is 5.91 Å². The number of aliphatic hydroxyl groups excluding tert-OH is 5. The van der Waals surface area contributed by atoms with Gasteiger partial charge in [0.1, 0.15) is 36.6 Å². The van der Waals surface area contributed by atoms with Crippen molar-refractivity contribution in [2.75, 3.05) is 13.1 Å². The van der Waals surface area contributed by atoms with Crippen LogP contribution in [0.15, 0.2) is 0 Å². The summed E-state index contributed by atoms with van der Waals surface area (Å²) in [5.74, 6) is 0.00402. The summed E-state index contributed by atoms with van der Waals surface area (Å²) in [4.78, 5) is 15.3. The Bertz CT molecular complexity index is 721. The van der Waals surface area contributed by atoms with E-state index in [0.717, 1.165) is 57.8 Å². The van der Waals surface area contributed by atoms with E-state index in [1.165, 1.54) is 6.92 Å². The first-order chi connectivity index (χ1) is 19.5. The number of unbranched alkanes of at least 4 members (excludes halogenated alkanes) is 6. The van der Waals surface area contributed by atoms with Gasteiger partial charge < -0.3 is 49.4 Å². The number of ether oxygens (including phenoxy) is 4. The zero-order valence-corrected chi connectivity index (χ0v) is 25.8. The highest BCUT2D eigenvalue weighted by Crippen LogP contribution is 2.31. The highest BCUT2D eigenvalue weighted by atomic mass is 16.8. The van der Waals surface area contributed by atoms with E-state index in [9.17, 15) is 30.3 Å². The second-order valence-electron chi connectivity index (χ2n) is 11.7. The SMILES string of the molecule is CCCCCCCC(CC(=O)N(CCCC)CCCC)O[C@@H]1O[C@@H](C)[C@H](O)[C@@H](O)[C@H]1O[C@@H]1O[C@@H](C)[C@H](O)[C@@H](O)[C@H]1O. The van der Waals surface area contributed by atoms with Gasteiger partial charge >= 0.3 is 0 Å². The molecule has 0 aromatic rings. The van der Waals surface area contributed by atoms with Crippen molar-refractivity contribution in [3.63, 3.8) is 0 Å². The summed E-state index contributed by atoms with van der Waals surface area (Å²) in [6.07, 6.45) is -3.48.